The average Bonchev–Trinajstić information content (AvgIpc) is 2.68. The Hall–Kier alpha value is -1.64. The highest BCUT2D eigenvalue weighted by molar-refractivity contribution is 5.63. The lowest BCUT2D eigenvalue weighted by molar-refractivity contribution is 0.264. The minimum absolute atomic E-state index is 0.949. The molecule has 0 radical (unpaired) electrons. The molecule has 0 bridgehead atoms. The van der Waals surface area contributed by atoms with Crippen molar-refractivity contribution in [3.63, 3.8) is 0 Å². The molecule has 0 amide bonds. The summed E-state index contributed by atoms with van der Waals surface area (Å²) < 4.78 is 0. The van der Waals surface area contributed by atoms with Crippen LogP contribution in [0.25, 0.3) is 11.1 Å². The van der Waals surface area contributed by atoms with Gasteiger partial charge in [0, 0.05) is 19.6 Å². The van der Waals surface area contributed by atoms with Crippen molar-refractivity contribution in [1.29, 1.82) is 0 Å². The fraction of sp³-hybridized carbons (Fsp3) is 0.478. The average molecular weight is 339 g/mol. The molecule has 2 heteroatoms. The molecule has 1 N–H and O–H groups in total. The fourth-order valence-electron chi connectivity index (χ4n) is 3.01. The molecule has 25 heavy (non-hydrogen) atoms. The van der Waals surface area contributed by atoms with Crippen LogP contribution in [-0.2, 0) is 6.54 Å². The van der Waals surface area contributed by atoms with Gasteiger partial charge in [-0.15, -0.1) is 0 Å². The molecule has 2 rings (SSSR count). The second-order valence-electron chi connectivity index (χ2n) is 6.79. The molecule has 0 aliphatic carbocycles. The van der Waals surface area contributed by atoms with E-state index in [4.69, 9.17) is 0 Å². The first kappa shape index (κ1) is 19.7. The molecule has 0 saturated heterocycles. The summed E-state index contributed by atoms with van der Waals surface area (Å²) in [5.41, 5.74) is 3.92. The molecule has 0 aromatic heterocycles. The second-order valence-corrected chi connectivity index (χ2v) is 6.79. The lowest BCUT2D eigenvalue weighted by Crippen LogP contribution is -2.33. The molecule has 0 heterocycles. The van der Waals surface area contributed by atoms with E-state index in [2.05, 4.69) is 78.7 Å². The van der Waals surface area contributed by atoms with Crippen LogP contribution in [0.4, 0.5) is 0 Å². The molecule has 0 fully saturated rings. The van der Waals surface area contributed by atoms with Crippen molar-refractivity contribution >= 4 is 0 Å². The van der Waals surface area contributed by atoms with Gasteiger partial charge in [-0.2, -0.15) is 0 Å². The van der Waals surface area contributed by atoms with Crippen molar-refractivity contribution in [2.75, 3.05) is 26.2 Å². The number of benzene rings is 2. The topological polar surface area (TPSA) is 15.3 Å². The molecular formula is C23H34N2. The van der Waals surface area contributed by atoms with E-state index in [0.29, 0.717) is 0 Å². The number of nitrogens with zero attached hydrogens (tertiary/aromatic N) is 1. The minimum Gasteiger partial charge on any atom is -0.311 e. The van der Waals surface area contributed by atoms with Gasteiger partial charge in [-0.1, -0.05) is 81.3 Å². The van der Waals surface area contributed by atoms with Crippen LogP contribution < -0.4 is 5.32 Å². The summed E-state index contributed by atoms with van der Waals surface area (Å²) in [6.07, 6.45) is 5.18. The van der Waals surface area contributed by atoms with Crippen LogP contribution in [-0.4, -0.2) is 31.1 Å². The van der Waals surface area contributed by atoms with Gasteiger partial charge in [0.25, 0.3) is 0 Å². The van der Waals surface area contributed by atoms with Crippen LogP contribution >= 0.6 is 0 Å². The third kappa shape index (κ3) is 7.41. The highest BCUT2D eigenvalue weighted by Crippen LogP contribution is 2.19. The predicted octanol–water partition coefficient (Wildman–Crippen LogP) is 5.35. The molecule has 0 aliphatic rings. The zero-order valence-corrected chi connectivity index (χ0v) is 16.0. The van der Waals surface area contributed by atoms with Gasteiger partial charge in [-0.25, -0.2) is 0 Å². The largest absolute Gasteiger partial charge is 0.311 e. The van der Waals surface area contributed by atoms with Gasteiger partial charge in [-0.3, -0.25) is 0 Å². The summed E-state index contributed by atoms with van der Waals surface area (Å²) in [6.45, 7) is 10.2. The molecule has 0 saturated carbocycles. The number of nitrogens with one attached hydrogen (secondary N) is 1. The van der Waals surface area contributed by atoms with E-state index in [1.807, 2.05) is 0 Å². The maximum absolute atomic E-state index is 3.60. The van der Waals surface area contributed by atoms with Crippen molar-refractivity contribution < 1.29 is 0 Å². The van der Waals surface area contributed by atoms with E-state index < -0.39 is 0 Å². The smallest absolute Gasteiger partial charge is 0.0206 e. The Morgan fingerprint density at radius 2 is 1.32 bits per heavy atom. The van der Waals surface area contributed by atoms with Crippen LogP contribution in [0.1, 0.15) is 45.1 Å². The summed E-state index contributed by atoms with van der Waals surface area (Å²) >= 11 is 0. The van der Waals surface area contributed by atoms with Gasteiger partial charge in [0.1, 0.15) is 0 Å². The standard InChI is InChI=1S/C23H34N2/c1-3-5-17-25(18-6-4-2)19-16-24-20-21-12-14-23(15-13-21)22-10-8-7-9-11-22/h7-15,24H,3-6,16-20H2,1-2H3. The molecule has 0 aliphatic heterocycles. The van der Waals surface area contributed by atoms with Crippen molar-refractivity contribution in [3.8, 4) is 11.1 Å². The maximum atomic E-state index is 3.60. The van der Waals surface area contributed by atoms with Crippen LogP contribution in [0.15, 0.2) is 54.6 Å². The fourth-order valence-corrected chi connectivity index (χ4v) is 3.01. The first-order valence-electron chi connectivity index (χ1n) is 9.91. The number of hydrogen-bond donors (Lipinski definition) is 1. The number of rotatable bonds is 12. The van der Waals surface area contributed by atoms with Crippen molar-refractivity contribution in [1.82, 2.24) is 10.2 Å². The van der Waals surface area contributed by atoms with Crippen molar-refractivity contribution in [2.24, 2.45) is 0 Å². The number of unbranched alkanes of at least 4 members (excludes halogenated alkanes) is 2. The Morgan fingerprint density at radius 3 is 1.92 bits per heavy atom. The minimum atomic E-state index is 0.949. The Labute approximate surface area is 154 Å². The van der Waals surface area contributed by atoms with Gasteiger partial charge in [0.15, 0.2) is 0 Å². The van der Waals surface area contributed by atoms with E-state index in [-0.39, 0.29) is 0 Å². The van der Waals surface area contributed by atoms with Gasteiger partial charge in [0.05, 0.1) is 0 Å². The van der Waals surface area contributed by atoms with Crippen LogP contribution in [0.3, 0.4) is 0 Å². The van der Waals surface area contributed by atoms with Crippen LogP contribution in [0, 0.1) is 0 Å². The lowest BCUT2D eigenvalue weighted by Gasteiger charge is -2.22. The maximum Gasteiger partial charge on any atom is 0.0206 e. The van der Waals surface area contributed by atoms with Crippen molar-refractivity contribution in [2.45, 2.75) is 46.1 Å². The summed E-state index contributed by atoms with van der Waals surface area (Å²) in [5, 5.41) is 3.60. The zero-order valence-electron chi connectivity index (χ0n) is 16.0. The van der Waals surface area contributed by atoms with E-state index in [1.54, 1.807) is 0 Å². The molecule has 2 nitrogen and oxygen atoms in total. The van der Waals surface area contributed by atoms with Gasteiger partial charge in [-0.05, 0) is 42.6 Å². The summed E-state index contributed by atoms with van der Waals surface area (Å²) in [6, 6.07) is 19.5. The first-order chi connectivity index (χ1) is 12.3. The Morgan fingerprint density at radius 1 is 0.720 bits per heavy atom. The van der Waals surface area contributed by atoms with Crippen LogP contribution in [0.5, 0.6) is 0 Å². The first-order valence-corrected chi connectivity index (χ1v) is 9.91. The zero-order chi connectivity index (χ0) is 17.7. The highest BCUT2D eigenvalue weighted by Gasteiger charge is 2.03. The monoisotopic (exact) mass is 338 g/mol. The van der Waals surface area contributed by atoms with E-state index in [9.17, 15) is 0 Å². The molecule has 0 spiro atoms. The van der Waals surface area contributed by atoms with E-state index >= 15 is 0 Å². The van der Waals surface area contributed by atoms with E-state index in [0.717, 1.165) is 19.6 Å². The molecule has 0 atom stereocenters. The molecular weight excluding hydrogens is 304 g/mol. The Bertz CT molecular complexity index is 554. The SMILES string of the molecule is CCCCN(CCCC)CCNCc1ccc(-c2ccccc2)cc1. The highest BCUT2D eigenvalue weighted by atomic mass is 15.1. The van der Waals surface area contributed by atoms with Crippen molar-refractivity contribution in [3.05, 3.63) is 60.2 Å². The lowest BCUT2D eigenvalue weighted by atomic mass is 10.0. The third-order valence-electron chi connectivity index (χ3n) is 4.65. The second kappa shape index (κ2) is 11.8. The normalized spacial score (nSPS) is 11.2. The summed E-state index contributed by atoms with van der Waals surface area (Å²) in [4.78, 5) is 2.61. The Balaban J connectivity index is 1.73. The van der Waals surface area contributed by atoms with Gasteiger partial charge < -0.3 is 10.2 Å². The van der Waals surface area contributed by atoms with Crippen LogP contribution in [0.2, 0.25) is 0 Å². The van der Waals surface area contributed by atoms with E-state index in [1.165, 1.54) is 55.5 Å². The van der Waals surface area contributed by atoms with Gasteiger partial charge in [0.2, 0.25) is 0 Å². The molecule has 0 unspecified atom stereocenters. The number of hydrogen-bond acceptors (Lipinski definition) is 2. The predicted molar refractivity (Wildman–Crippen MR) is 110 cm³/mol. The molecule has 2 aromatic rings. The molecule has 136 valence electrons. The third-order valence-corrected chi connectivity index (χ3v) is 4.65. The quantitative estimate of drug-likeness (QED) is 0.525. The summed E-state index contributed by atoms with van der Waals surface area (Å²) in [5.74, 6) is 0. The molecule has 2 aromatic carbocycles. The Kier molecular flexibility index (Phi) is 9.32. The summed E-state index contributed by atoms with van der Waals surface area (Å²) in [7, 11) is 0. The van der Waals surface area contributed by atoms with Gasteiger partial charge >= 0.3 is 0 Å².